The van der Waals surface area contributed by atoms with Crippen LogP contribution >= 0.6 is 16.5 Å². The molecule has 2 unspecified atom stereocenters. The van der Waals surface area contributed by atoms with Gasteiger partial charge in [-0.2, -0.15) is 0 Å². The summed E-state index contributed by atoms with van der Waals surface area (Å²) < 4.78 is 22.2. The largest absolute Gasteiger partial charge is 0.745 e. The Labute approximate surface area is 105 Å². The molecule has 7 heteroatoms. The molecule has 100 valence electrons. The maximum absolute atomic E-state index is 9.39. The molecule has 0 amide bonds. The standard InChI is InChI=1S/C10H20.O5P2/c1-5-9(6-2)10(7-3)8-4;1-6(2)5-7(3)4/h5-8H2,1-4H3;/p+2. The smallest absolute Gasteiger partial charge is 0.131 e. The van der Waals surface area contributed by atoms with E-state index in [0.717, 1.165) is 0 Å². The molecule has 0 heterocycles. The van der Waals surface area contributed by atoms with Gasteiger partial charge in [-0.25, -0.2) is 0 Å². The van der Waals surface area contributed by atoms with Crippen LogP contribution in [-0.2, 0) is 13.4 Å². The van der Waals surface area contributed by atoms with Crippen LogP contribution in [-0.4, -0.2) is 9.79 Å². The van der Waals surface area contributed by atoms with Crippen molar-refractivity contribution in [1.29, 1.82) is 0 Å². The average molecular weight is 284 g/mol. The summed E-state index contributed by atoms with van der Waals surface area (Å²) in [6, 6.07) is 0. The van der Waals surface area contributed by atoms with Gasteiger partial charge in [-0.3, -0.25) is 0 Å². The molecule has 0 aliphatic heterocycles. The Balaban J connectivity index is 0. The van der Waals surface area contributed by atoms with Gasteiger partial charge in [-0.1, -0.05) is 38.8 Å². The molecule has 0 aromatic heterocycles. The first kappa shape index (κ1) is 19.2. The van der Waals surface area contributed by atoms with E-state index in [1.54, 1.807) is 11.1 Å². The average Bonchev–Trinajstić information content (AvgIpc) is 2.24. The van der Waals surface area contributed by atoms with Crippen LogP contribution in [0.2, 0.25) is 0 Å². The highest BCUT2D eigenvalue weighted by Crippen LogP contribution is 2.30. The van der Waals surface area contributed by atoms with E-state index >= 15 is 0 Å². The van der Waals surface area contributed by atoms with Crippen molar-refractivity contribution < 1.29 is 23.2 Å². The molecule has 0 aromatic carbocycles. The molecule has 2 N–H and O–H groups in total. The van der Waals surface area contributed by atoms with Crippen LogP contribution in [0.1, 0.15) is 53.4 Å². The molecule has 17 heavy (non-hydrogen) atoms. The Kier molecular flexibility index (Phi) is 13.8. The van der Waals surface area contributed by atoms with Gasteiger partial charge in [0.2, 0.25) is 0 Å². The monoisotopic (exact) mass is 284 g/mol. The lowest BCUT2D eigenvalue weighted by atomic mass is 9.99. The van der Waals surface area contributed by atoms with Gasteiger partial charge in [0.15, 0.2) is 4.31 Å². The van der Waals surface area contributed by atoms with Crippen molar-refractivity contribution in [3.05, 3.63) is 11.1 Å². The zero-order valence-corrected chi connectivity index (χ0v) is 12.6. The third-order valence-electron chi connectivity index (χ3n) is 2.35. The molecular formula is C10H22O5P2+2. The first-order chi connectivity index (χ1) is 7.92. The predicted molar refractivity (Wildman–Crippen MR) is 68.9 cm³/mol. The summed E-state index contributed by atoms with van der Waals surface area (Å²) in [6.45, 7) is 9.02. The highest BCUT2D eigenvalue weighted by atomic mass is 31.2. The maximum atomic E-state index is 9.39. The predicted octanol–water partition coefficient (Wildman–Crippen LogP) is 4.23. The zero-order valence-electron chi connectivity index (χ0n) is 10.8. The zero-order chi connectivity index (χ0) is 13.8. The van der Waals surface area contributed by atoms with E-state index in [2.05, 4.69) is 32.0 Å². The minimum atomic E-state index is -2.92. The summed E-state index contributed by atoms with van der Waals surface area (Å²) in [7, 11) is -5.85. The number of rotatable bonds is 6. The fourth-order valence-electron chi connectivity index (χ4n) is 1.56. The lowest BCUT2D eigenvalue weighted by Gasteiger charge is -2.07. The first-order valence-electron chi connectivity index (χ1n) is 5.62. The highest BCUT2D eigenvalue weighted by Gasteiger charge is 2.31. The van der Waals surface area contributed by atoms with Gasteiger partial charge in [0, 0.05) is 9.13 Å². The highest BCUT2D eigenvalue weighted by molar-refractivity contribution is 7.46. The molecule has 0 saturated carbocycles. The number of allylic oxidation sites excluding steroid dienone is 2. The van der Waals surface area contributed by atoms with Gasteiger partial charge in [-0.05, 0) is 25.7 Å². The number of hydrogen-bond donors (Lipinski definition) is 2. The fraction of sp³-hybridized carbons (Fsp3) is 0.800. The van der Waals surface area contributed by atoms with E-state index in [9.17, 15) is 9.13 Å². The topological polar surface area (TPSA) is 83.8 Å². The van der Waals surface area contributed by atoms with E-state index in [4.69, 9.17) is 9.79 Å². The molecule has 0 spiro atoms. The van der Waals surface area contributed by atoms with Crippen molar-refractivity contribution in [1.82, 2.24) is 0 Å². The maximum Gasteiger partial charge on any atom is 0.745 e. The summed E-state index contributed by atoms with van der Waals surface area (Å²) >= 11 is 0. The molecular weight excluding hydrogens is 262 g/mol. The van der Waals surface area contributed by atoms with Crippen molar-refractivity contribution in [3.63, 3.8) is 0 Å². The van der Waals surface area contributed by atoms with Crippen molar-refractivity contribution in [2.24, 2.45) is 0 Å². The minimum absolute atomic E-state index is 1.24. The van der Waals surface area contributed by atoms with Crippen molar-refractivity contribution in [2.75, 3.05) is 0 Å². The second-order valence-electron chi connectivity index (χ2n) is 3.18. The summed E-state index contributed by atoms with van der Waals surface area (Å²) in [5.74, 6) is 0. The minimum Gasteiger partial charge on any atom is -0.131 e. The SMILES string of the molecule is CCC(CC)=C(CC)CC.O=[P+](O)O[P+](=O)O. The molecule has 0 aliphatic rings. The Morgan fingerprint density at radius 3 is 1.12 bits per heavy atom. The van der Waals surface area contributed by atoms with Gasteiger partial charge in [0.1, 0.15) is 0 Å². The third-order valence-corrected chi connectivity index (χ3v) is 3.46. The molecule has 0 aromatic rings. The van der Waals surface area contributed by atoms with Crippen LogP contribution < -0.4 is 0 Å². The number of hydrogen-bond acceptors (Lipinski definition) is 3. The second-order valence-corrected chi connectivity index (χ2v) is 4.78. The molecule has 0 aliphatic carbocycles. The molecule has 0 bridgehead atoms. The summed E-state index contributed by atoms with van der Waals surface area (Å²) in [5.41, 5.74) is 3.34. The van der Waals surface area contributed by atoms with Gasteiger partial charge in [-0.15, -0.1) is 9.79 Å². The Morgan fingerprint density at radius 2 is 1.06 bits per heavy atom. The summed E-state index contributed by atoms with van der Waals surface area (Å²) in [6.07, 6.45) is 4.97. The third kappa shape index (κ3) is 12.1. The van der Waals surface area contributed by atoms with Crippen LogP contribution in [0.4, 0.5) is 0 Å². The molecule has 0 saturated heterocycles. The van der Waals surface area contributed by atoms with Crippen molar-refractivity contribution >= 4 is 16.5 Å². The second kappa shape index (κ2) is 12.3. The van der Waals surface area contributed by atoms with E-state index in [1.807, 2.05) is 0 Å². The lowest BCUT2D eigenvalue weighted by molar-refractivity contribution is 0.371. The molecule has 2 atom stereocenters. The van der Waals surface area contributed by atoms with Gasteiger partial charge in [0.25, 0.3) is 0 Å². The van der Waals surface area contributed by atoms with E-state index < -0.39 is 16.5 Å². The molecule has 0 fully saturated rings. The van der Waals surface area contributed by atoms with Crippen LogP contribution in [0.15, 0.2) is 11.1 Å². The van der Waals surface area contributed by atoms with Crippen LogP contribution in [0, 0.1) is 0 Å². The van der Waals surface area contributed by atoms with Crippen LogP contribution in [0.5, 0.6) is 0 Å². The lowest BCUT2D eigenvalue weighted by Crippen LogP contribution is -1.87. The van der Waals surface area contributed by atoms with Crippen LogP contribution in [0.3, 0.4) is 0 Å². The quantitative estimate of drug-likeness (QED) is 0.563. The van der Waals surface area contributed by atoms with Gasteiger partial charge in [0.05, 0.1) is 0 Å². The van der Waals surface area contributed by atoms with Crippen LogP contribution in [0.25, 0.3) is 0 Å². The first-order valence-corrected chi connectivity index (χ1v) is 7.88. The Hall–Kier alpha value is -0.180. The molecule has 0 rings (SSSR count). The molecule has 0 radical (unpaired) electrons. The normalized spacial score (nSPS) is 11.2. The van der Waals surface area contributed by atoms with Crippen molar-refractivity contribution in [3.8, 4) is 0 Å². The fourth-order valence-corrected chi connectivity index (χ4v) is 2.04. The Morgan fingerprint density at radius 1 is 0.824 bits per heavy atom. The molecule has 5 nitrogen and oxygen atoms in total. The summed E-state index contributed by atoms with van der Waals surface area (Å²) in [5, 5.41) is 0. The van der Waals surface area contributed by atoms with Gasteiger partial charge >= 0.3 is 16.5 Å². The Bertz CT molecular complexity index is 238. The van der Waals surface area contributed by atoms with E-state index in [-0.39, 0.29) is 0 Å². The van der Waals surface area contributed by atoms with E-state index in [0.29, 0.717) is 0 Å². The van der Waals surface area contributed by atoms with E-state index in [1.165, 1.54) is 25.7 Å². The van der Waals surface area contributed by atoms with Gasteiger partial charge < -0.3 is 0 Å². The summed E-state index contributed by atoms with van der Waals surface area (Å²) in [4.78, 5) is 15.3. The van der Waals surface area contributed by atoms with Crippen molar-refractivity contribution in [2.45, 2.75) is 53.4 Å².